The zero-order valence-corrected chi connectivity index (χ0v) is 16.3. The highest BCUT2D eigenvalue weighted by atomic mass is 16.5. The molecule has 1 amide bonds. The maximum Gasteiger partial charge on any atom is 0.331 e. The number of anilines is 1. The molecule has 1 N–H and O–H groups in total. The Labute approximate surface area is 164 Å². The summed E-state index contributed by atoms with van der Waals surface area (Å²) in [4.78, 5) is 24.1. The lowest BCUT2D eigenvalue weighted by Crippen LogP contribution is -2.29. The molecule has 3 aromatic rings. The molecule has 3 rings (SSSR count). The molecule has 0 aliphatic rings. The average Bonchev–Trinajstić information content (AvgIpc) is 3.01. The van der Waals surface area contributed by atoms with Crippen molar-refractivity contribution in [3.8, 4) is 0 Å². The highest BCUT2D eigenvalue weighted by Gasteiger charge is 2.17. The van der Waals surface area contributed by atoms with Crippen molar-refractivity contribution in [3.05, 3.63) is 66.8 Å². The summed E-state index contributed by atoms with van der Waals surface area (Å²) in [5.74, 6) is -0.923. The monoisotopic (exact) mass is 376 g/mol. The first-order valence-electron chi connectivity index (χ1n) is 9.37. The number of nitrogens with zero attached hydrogens (tertiary/aromatic N) is 1. The van der Waals surface area contributed by atoms with Crippen LogP contribution in [0.4, 0.5) is 5.69 Å². The van der Waals surface area contributed by atoms with E-state index >= 15 is 0 Å². The molecule has 0 fully saturated rings. The summed E-state index contributed by atoms with van der Waals surface area (Å²) >= 11 is 0. The van der Waals surface area contributed by atoms with E-state index in [-0.39, 0.29) is 5.91 Å². The number of fused-ring (bicyclic) bond motifs is 3. The Bertz CT molecular complexity index is 1080. The predicted octanol–water partition coefficient (Wildman–Crippen LogP) is 4.82. The minimum atomic E-state index is -0.893. The van der Waals surface area contributed by atoms with Gasteiger partial charge in [-0.05, 0) is 45.0 Å². The molecule has 0 aliphatic heterocycles. The highest BCUT2D eigenvalue weighted by molar-refractivity contribution is 6.10. The normalized spacial score (nSPS) is 12.8. The number of rotatable bonds is 6. The minimum absolute atomic E-state index is 0.369. The van der Waals surface area contributed by atoms with Gasteiger partial charge in [-0.15, -0.1) is 0 Å². The zero-order chi connectivity index (χ0) is 20.1. The van der Waals surface area contributed by atoms with Crippen LogP contribution >= 0.6 is 0 Å². The second-order valence-electron chi connectivity index (χ2n) is 6.45. The van der Waals surface area contributed by atoms with Gasteiger partial charge in [-0.1, -0.05) is 36.4 Å². The van der Waals surface area contributed by atoms with Gasteiger partial charge in [-0.2, -0.15) is 0 Å². The number of hydrogen-bond donors (Lipinski definition) is 1. The number of carbonyl (C=O) groups is 2. The standard InChI is InChI=1S/C23H24N2O3/c1-4-6-7-12-22(26)28-16(3)23(27)24-17-13-14-21-19(15-17)18-10-8-9-11-20(18)25(21)5-2/h4,6-16H,5H2,1-3H3,(H,24,27)/b6-4+,12-7+. The van der Waals surface area contributed by atoms with Crippen LogP contribution in [0.15, 0.2) is 66.8 Å². The van der Waals surface area contributed by atoms with Crippen LogP contribution < -0.4 is 5.32 Å². The Morgan fingerprint density at radius 2 is 1.86 bits per heavy atom. The average molecular weight is 376 g/mol. The number of aromatic nitrogens is 1. The van der Waals surface area contributed by atoms with E-state index in [4.69, 9.17) is 4.74 Å². The molecule has 5 nitrogen and oxygen atoms in total. The van der Waals surface area contributed by atoms with Gasteiger partial charge in [0, 0.05) is 40.1 Å². The van der Waals surface area contributed by atoms with Crippen molar-refractivity contribution in [2.45, 2.75) is 33.4 Å². The molecule has 1 heterocycles. The number of esters is 1. The van der Waals surface area contributed by atoms with E-state index in [1.807, 2.05) is 37.3 Å². The largest absolute Gasteiger partial charge is 0.449 e. The molecule has 0 saturated heterocycles. The Morgan fingerprint density at radius 1 is 1.11 bits per heavy atom. The molecule has 0 aliphatic carbocycles. The summed E-state index contributed by atoms with van der Waals surface area (Å²) in [6.07, 6.45) is 5.48. The number of amides is 1. The van der Waals surface area contributed by atoms with Crippen LogP contribution in [0.5, 0.6) is 0 Å². The second-order valence-corrected chi connectivity index (χ2v) is 6.45. The van der Waals surface area contributed by atoms with Crippen LogP contribution in [-0.4, -0.2) is 22.5 Å². The summed E-state index contributed by atoms with van der Waals surface area (Å²) in [6.45, 7) is 6.38. The number of nitrogens with one attached hydrogen (secondary N) is 1. The van der Waals surface area contributed by atoms with E-state index in [0.717, 1.165) is 22.8 Å². The fourth-order valence-electron chi connectivity index (χ4n) is 3.23. The third kappa shape index (κ3) is 3.98. The minimum Gasteiger partial charge on any atom is -0.449 e. The Hall–Kier alpha value is -3.34. The van der Waals surface area contributed by atoms with Crippen LogP contribution in [-0.2, 0) is 20.9 Å². The molecular formula is C23H24N2O3. The van der Waals surface area contributed by atoms with E-state index in [1.54, 1.807) is 25.2 Å². The Balaban J connectivity index is 1.80. The molecule has 0 spiro atoms. The molecular weight excluding hydrogens is 352 g/mol. The van der Waals surface area contributed by atoms with Crippen LogP contribution in [0.1, 0.15) is 20.8 Å². The summed E-state index contributed by atoms with van der Waals surface area (Å²) in [5, 5.41) is 5.06. The molecule has 1 unspecified atom stereocenters. The lowest BCUT2D eigenvalue weighted by Gasteiger charge is -2.12. The van der Waals surface area contributed by atoms with Crippen molar-refractivity contribution in [2.75, 3.05) is 5.32 Å². The maximum atomic E-state index is 12.4. The number of allylic oxidation sites excluding steroid dienone is 3. The first-order chi connectivity index (χ1) is 13.5. The summed E-state index contributed by atoms with van der Waals surface area (Å²) in [7, 11) is 0. The van der Waals surface area contributed by atoms with Crippen LogP contribution in [0, 0.1) is 0 Å². The van der Waals surface area contributed by atoms with Crippen molar-refractivity contribution in [2.24, 2.45) is 0 Å². The molecule has 0 bridgehead atoms. The Morgan fingerprint density at radius 3 is 2.61 bits per heavy atom. The summed E-state index contributed by atoms with van der Waals surface area (Å²) < 4.78 is 7.38. The van der Waals surface area contributed by atoms with Gasteiger partial charge in [-0.3, -0.25) is 4.79 Å². The molecule has 1 atom stereocenters. The lowest BCUT2D eigenvalue weighted by atomic mass is 10.1. The highest BCUT2D eigenvalue weighted by Crippen LogP contribution is 2.31. The van der Waals surface area contributed by atoms with Gasteiger partial charge in [0.25, 0.3) is 5.91 Å². The third-order valence-corrected chi connectivity index (χ3v) is 4.55. The summed E-state index contributed by atoms with van der Waals surface area (Å²) in [5.41, 5.74) is 2.96. The van der Waals surface area contributed by atoms with E-state index in [1.165, 1.54) is 11.6 Å². The van der Waals surface area contributed by atoms with Gasteiger partial charge in [0.05, 0.1) is 0 Å². The van der Waals surface area contributed by atoms with E-state index < -0.39 is 12.1 Å². The number of aryl methyl sites for hydroxylation is 1. The number of hydrogen-bond acceptors (Lipinski definition) is 3. The molecule has 28 heavy (non-hydrogen) atoms. The van der Waals surface area contributed by atoms with E-state index in [0.29, 0.717) is 5.69 Å². The first-order valence-corrected chi connectivity index (χ1v) is 9.37. The lowest BCUT2D eigenvalue weighted by molar-refractivity contribution is -0.148. The topological polar surface area (TPSA) is 60.3 Å². The molecule has 144 valence electrons. The number of carbonyl (C=O) groups excluding carboxylic acids is 2. The Kier molecular flexibility index (Phi) is 5.94. The van der Waals surface area contributed by atoms with Crippen molar-refractivity contribution in [1.82, 2.24) is 4.57 Å². The van der Waals surface area contributed by atoms with Crippen molar-refractivity contribution >= 4 is 39.4 Å². The van der Waals surface area contributed by atoms with Crippen LogP contribution in [0.25, 0.3) is 21.8 Å². The maximum absolute atomic E-state index is 12.4. The zero-order valence-electron chi connectivity index (χ0n) is 16.3. The van der Waals surface area contributed by atoms with E-state index in [2.05, 4.69) is 28.9 Å². The SMILES string of the molecule is C/C=C/C=C/C(=O)OC(C)C(=O)Nc1ccc2c(c1)c1ccccc1n2CC. The predicted molar refractivity (Wildman–Crippen MR) is 113 cm³/mol. The first kappa shape index (κ1) is 19.4. The number of para-hydroxylation sites is 1. The van der Waals surface area contributed by atoms with Gasteiger partial charge in [-0.25, -0.2) is 4.79 Å². The molecule has 2 aromatic carbocycles. The second kappa shape index (κ2) is 8.57. The smallest absolute Gasteiger partial charge is 0.331 e. The molecule has 0 radical (unpaired) electrons. The fraction of sp³-hybridized carbons (Fsp3) is 0.217. The van der Waals surface area contributed by atoms with Crippen molar-refractivity contribution in [3.63, 3.8) is 0 Å². The van der Waals surface area contributed by atoms with Crippen molar-refractivity contribution in [1.29, 1.82) is 0 Å². The molecule has 5 heteroatoms. The summed E-state index contributed by atoms with van der Waals surface area (Å²) in [6, 6.07) is 14.0. The van der Waals surface area contributed by atoms with Gasteiger partial charge in [0.1, 0.15) is 0 Å². The van der Waals surface area contributed by atoms with E-state index in [9.17, 15) is 9.59 Å². The van der Waals surface area contributed by atoms with Gasteiger partial charge in [0.2, 0.25) is 0 Å². The number of benzene rings is 2. The van der Waals surface area contributed by atoms with Crippen LogP contribution in [0.2, 0.25) is 0 Å². The number of ether oxygens (including phenoxy) is 1. The molecule has 1 aromatic heterocycles. The quantitative estimate of drug-likeness (QED) is 0.381. The fourth-order valence-corrected chi connectivity index (χ4v) is 3.23. The third-order valence-electron chi connectivity index (χ3n) is 4.55. The van der Waals surface area contributed by atoms with Crippen LogP contribution in [0.3, 0.4) is 0 Å². The van der Waals surface area contributed by atoms with Gasteiger partial charge < -0.3 is 14.6 Å². The van der Waals surface area contributed by atoms with Crippen molar-refractivity contribution < 1.29 is 14.3 Å². The molecule has 0 saturated carbocycles. The van der Waals surface area contributed by atoms with Gasteiger partial charge >= 0.3 is 5.97 Å². The van der Waals surface area contributed by atoms with Gasteiger partial charge in [0.15, 0.2) is 6.10 Å².